The molecule has 0 aliphatic heterocycles. The summed E-state index contributed by atoms with van der Waals surface area (Å²) in [5.74, 6) is 0.314. The number of pyridine rings is 1. The predicted molar refractivity (Wildman–Crippen MR) is 125 cm³/mol. The van der Waals surface area contributed by atoms with E-state index in [-0.39, 0.29) is 5.91 Å². The highest BCUT2D eigenvalue weighted by Gasteiger charge is 2.07. The van der Waals surface area contributed by atoms with Crippen molar-refractivity contribution in [2.24, 2.45) is 0 Å². The lowest BCUT2D eigenvalue weighted by molar-refractivity contribution is 0.102. The average molecular weight is 412 g/mol. The average Bonchev–Trinajstić information content (AvgIpc) is 2.81. The first-order valence-corrected chi connectivity index (χ1v) is 10.2. The molecule has 0 saturated carbocycles. The monoisotopic (exact) mass is 411 g/mol. The normalized spacial score (nSPS) is 9.87. The molecule has 0 saturated heterocycles. The van der Waals surface area contributed by atoms with E-state index in [4.69, 9.17) is 0 Å². The molecule has 0 bridgehead atoms. The van der Waals surface area contributed by atoms with Gasteiger partial charge in [0.15, 0.2) is 0 Å². The molecule has 2 aromatic carbocycles. The van der Waals surface area contributed by atoms with E-state index in [1.807, 2.05) is 60.7 Å². The SMILES string of the molecule is CCC.O=C(Nc1cccc(Nc2nccc(-c3ccncc3)n2)c1)c1ccccc1. The lowest BCUT2D eigenvalue weighted by Crippen LogP contribution is -2.11. The van der Waals surface area contributed by atoms with Crippen LogP contribution in [0.1, 0.15) is 30.6 Å². The van der Waals surface area contributed by atoms with E-state index in [1.54, 1.807) is 30.7 Å². The summed E-state index contributed by atoms with van der Waals surface area (Å²) >= 11 is 0. The van der Waals surface area contributed by atoms with Crippen LogP contribution in [0.4, 0.5) is 17.3 Å². The number of aromatic nitrogens is 3. The van der Waals surface area contributed by atoms with Gasteiger partial charge in [0.25, 0.3) is 5.91 Å². The number of benzene rings is 2. The van der Waals surface area contributed by atoms with E-state index in [2.05, 4.69) is 39.4 Å². The minimum absolute atomic E-state index is 0.159. The van der Waals surface area contributed by atoms with Crippen molar-refractivity contribution in [2.75, 3.05) is 10.6 Å². The summed E-state index contributed by atoms with van der Waals surface area (Å²) in [5.41, 5.74) is 3.83. The molecule has 2 N–H and O–H groups in total. The van der Waals surface area contributed by atoms with Gasteiger partial charge in [0, 0.05) is 41.1 Å². The van der Waals surface area contributed by atoms with Gasteiger partial charge in [-0.25, -0.2) is 9.97 Å². The van der Waals surface area contributed by atoms with Crippen LogP contribution in [0.2, 0.25) is 0 Å². The van der Waals surface area contributed by atoms with Gasteiger partial charge in [0.2, 0.25) is 5.95 Å². The van der Waals surface area contributed by atoms with Crippen molar-refractivity contribution in [3.8, 4) is 11.3 Å². The Labute approximate surface area is 182 Å². The fourth-order valence-corrected chi connectivity index (χ4v) is 2.70. The van der Waals surface area contributed by atoms with Crippen molar-refractivity contribution in [2.45, 2.75) is 20.3 Å². The molecule has 1 amide bonds. The molecule has 0 unspecified atom stereocenters. The molecule has 0 spiro atoms. The first-order chi connectivity index (χ1) is 15.2. The van der Waals surface area contributed by atoms with E-state index < -0.39 is 0 Å². The van der Waals surface area contributed by atoms with Gasteiger partial charge >= 0.3 is 0 Å². The number of rotatable bonds is 5. The molecule has 0 aliphatic rings. The van der Waals surface area contributed by atoms with Gasteiger partial charge in [0.05, 0.1) is 5.69 Å². The first kappa shape index (κ1) is 21.6. The summed E-state index contributed by atoms with van der Waals surface area (Å²) in [7, 11) is 0. The molecule has 0 fully saturated rings. The molecule has 0 atom stereocenters. The van der Waals surface area contributed by atoms with E-state index in [9.17, 15) is 4.79 Å². The molecule has 4 aromatic rings. The second-order valence-corrected chi connectivity index (χ2v) is 6.73. The summed E-state index contributed by atoms with van der Waals surface area (Å²) < 4.78 is 0. The van der Waals surface area contributed by atoms with Gasteiger partial charge in [-0.05, 0) is 48.5 Å². The van der Waals surface area contributed by atoms with Gasteiger partial charge in [0.1, 0.15) is 0 Å². The molecule has 6 heteroatoms. The third-order valence-electron chi connectivity index (χ3n) is 4.04. The van der Waals surface area contributed by atoms with E-state index in [0.29, 0.717) is 17.2 Å². The molecule has 4 rings (SSSR count). The zero-order valence-electron chi connectivity index (χ0n) is 17.6. The first-order valence-electron chi connectivity index (χ1n) is 10.2. The molecule has 6 nitrogen and oxygen atoms in total. The van der Waals surface area contributed by atoms with Crippen LogP contribution in [0.5, 0.6) is 0 Å². The molecule has 2 aromatic heterocycles. The molecule has 156 valence electrons. The summed E-state index contributed by atoms with van der Waals surface area (Å²) in [6, 6.07) is 22.1. The van der Waals surface area contributed by atoms with Crippen molar-refractivity contribution in [1.29, 1.82) is 0 Å². The Morgan fingerprint density at radius 1 is 0.839 bits per heavy atom. The third-order valence-corrected chi connectivity index (χ3v) is 4.04. The van der Waals surface area contributed by atoms with Crippen molar-refractivity contribution < 1.29 is 4.79 Å². The summed E-state index contributed by atoms with van der Waals surface area (Å²) in [6.45, 7) is 4.25. The van der Waals surface area contributed by atoms with Crippen LogP contribution in [0.25, 0.3) is 11.3 Å². The zero-order chi connectivity index (χ0) is 21.9. The molecular weight excluding hydrogens is 386 g/mol. The van der Waals surface area contributed by atoms with Gasteiger partial charge in [-0.3, -0.25) is 9.78 Å². The molecular formula is C25H25N5O. The standard InChI is InChI=1S/C22H17N5O.C3H8/c28-21(17-5-2-1-3-6-17)25-18-7-4-8-19(15-18)26-22-24-14-11-20(27-22)16-9-12-23-13-10-16;1-3-2/h1-15H,(H,25,28)(H,24,26,27);3H2,1-2H3. The number of hydrogen-bond acceptors (Lipinski definition) is 5. The van der Waals surface area contributed by atoms with Gasteiger partial charge < -0.3 is 10.6 Å². The second-order valence-electron chi connectivity index (χ2n) is 6.73. The number of carbonyl (C=O) groups is 1. The molecule has 0 radical (unpaired) electrons. The van der Waals surface area contributed by atoms with Crippen molar-refractivity contribution in [3.63, 3.8) is 0 Å². The maximum atomic E-state index is 12.3. The zero-order valence-corrected chi connectivity index (χ0v) is 17.6. The Balaban J connectivity index is 0.000000858. The Morgan fingerprint density at radius 3 is 2.29 bits per heavy atom. The molecule has 0 aliphatic carbocycles. The molecule has 31 heavy (non-hydrogen) atoms. The minimum atomic E-state index is -0.159. The van der Waals surface area contributed by atoms with Crippen LogP contribution in [0.3, 0.4) is 0 Å². The van der Waals surface area contributed by atoms with Crippen molar-refractivity contribution >= 4 is 23.2 Å². The maximum Gasteiger partial charge on any atom is 0.255 e. The second kappa shape index (κ2) is 11.2. The Bertz CT molecular complexity index is 1100. The van der Waals surface area contributed by atoms with Crippen LogP contribution < -0.4 is 10.6 Å². The highest BCUT2D eigenvalue weighted by molar-refractivity contribution is 6.04. The number of nitrogens with zero attached hydrogens (tertiary/aromatic N) is 3. The maximum absolute atomic E-state index is 12.3. The number of carbonyl (C=O) groups excluding carboxylic acids is 1. The van der Waals surface area contributed by atoms with Gasteiger partial charge in [-0.2, -0.15) is 0 Å². The number of anilines is 3. The highest BCUT2D eigenvalue weighted by Crippen LogP contribution is 2.21. The number of amides is 1. The smallest absolute Gasteiger partial charge is 0.255 e. The van der Waals surface area contributed by atoms with Crippen LogP contribution in [0.15, 0.2) is 91.4 Å². The predicted octanol–water partition coefficient (Wildman–Crippen LogP) is 5.95. The number of nitrogens with one attached hydrogen (secondary N) is 2. The Kier molecular flexibility index (Phi) is 7.83. The largest absolute Gasteiger partial charge is 0.324 e. The van der Waals surface area contributed by atoms with Crippen LogP contribution in [-0.2, 0) is 0 Å². The van der Waals surface area contributed by atoms with Gasteiger partial charge in [-0.15, -0.1) is 0 Å². The number of hydrogen-bond donors (Lipinski definition) is 2. The third kappa shape index (κ3) is 6.47. The Hall–Kier alpha value is -4.06. The lowest BCUT2D eigenvalue weighted by Gasteiger charge is -2.09. The topological polar surface area (TPSA) is 79.8 Å². The van der Waals surface area contributed by atoms with E-state index in [1.165, 1.54) is 6.42 Å². The summed E-state index contributed by atoms with van der Waals surface area (Å²) in [4.78, 5) is 25.2. The van der Waals surface area contributed by atoms with Crippen LogP contribution >= 0.6 is 0 Å². The summed E-state index contributed by atoms with van der Waals surface area (Å²) in [5, 5.41) is 6.07. The van der Waals surface area contributed by atoms with Crippen LogP contribution in [0, 0.1) is 0 Å². The van der Waals surface area contributed by atoms with E-state index in [0.717, 1.165) is 16.9 Å². The van der Waals surface area contributed by atoms with Crippen LogP contribution in [-0.4, -0.2) is 20.9 Å². The van der Waals surface area contributed by atoms with Gasteiger partial charge in [-0.1, -0.05) is 44.5 Å². The van der Waals surface area contributed by atoms with Crippen molar-refractivity contribution in [1.82, 2.24) is 15.0 Å². The fourth-order valence-electron chi connectivity index (χ4n) is 2.70. The molecule has 2 heterocycles. The van der Waals surface area contributed by atoms with E-state index >= 15 is 0 Å². The quantitative estimate of drug-likeness (QED) is 0.424. The summed E-state index contributed by atoms with van der Waals surface area (Å²) in [6.07, 6.45) is 6.40. The van der Waals surface area contributed by atoms with Crippen molar-refractivity contribution in [3.05, 3.63) is 97.0 Å². The highest BCUT2D eigenvalue weighted by atomic mass is 16.1. The Morgan fingerprint density at radius 2 is 1.55 bits per heavy atom. The minimum Gasteiger partial charge on any atom is -0.324 e. The lowest BCUT2D eigenvalue weighted by atomic mass is 10.2. The fraction of sp³-hybridized carbons (Fsp3) is 0.120.